The molecule has 0 radical (unpaired) electrons. The topological polar surface area (TPSA) is 123 Å². The summed E-state index contributed by atoms with van der Waals surface area (Å²) in [6.07, 6.45) is -1.04. The molecule has 2 N–H and O–H groups in total. The van der Waals surface area contributed by atoms with E-state index in [4.69, 9.17) is 17.0 Å². The first-order chi connectivity index (χ1) is 16.8. The first-order valence-corrected chi connectivity index (χ1v) is 11.1. The fraction of sp³-hybridized carbons (Fsp3) is 0.160. The number of aliphatic carboxylic acids is 1. The van der Waals surface area contributed by atoms with Crippen LogP contribution in [0.3, 0.4) is 0 Å². The Morgan fingerprint density at radius 3 is 2.31 bits per heavy atom. The van der Waals surface area contributed by atoms with Crippen molar-refractivity contribution in [3.8, 4) is 0 Å². The number of para-hydroxylation sites is 1. The third kappa shape index (κ3) is 4.69. The van der Waals surface area contributed by atoms with Crippen molar-refractivity contribution in [1.82, 2.24) is 5.32 Å². The lowest BCUT2D eigenvalue weighted by Gasteiger charge is -2.33. The van der Waals surface area contributed by atoms with E-state index in [0.717, 1.165) is 0 Å². The van der Waals surface area contributed by atoms with Crippen LogP contribution < -0.4 is 14.9 Å². The molecular formula is C25H21N3O6S. The third-order valence-electron chi connectivity index (χ3n) is 5.67. The lowest BCUT2D eigenvalue weighted by atomic mass is 9.84. The van der Waals surface area contributed by atoms with Gasteiger partial charge in [-0.05, 0) is 49.0 Å². The average molecular weight is 492 g/mol. The molecule has 2 aromatic carbocycles. The molecule has 35 heavy (non-hydrogen) atoms. The Labute approximate surface area is 206 Å². The number of nitrogens with zero attached hydrogens (tertiary/aromatic N) is 2. The molecule has 178 valence electrons. The van der Waals surface area contributed by atoms with Crippen molar-refractivity contribution >= 4 is 40.9 Å². The molecule has 0 unspecified atom stereocenters. The molecule has 1 fully saturated rings. The standard InChI is InChI=1S/C25H21N3O6S/c29-20(30)14-15-25(23(32)28(24(35)26-25)18-11-5-2-6-12-18)21(19-13-7-8-16-27(19)33)34-22(31)17-9-3-1-4-10-17/h1-13,16,21H,14-15H2,(H,26,35)(H,29,30)/t21-,25+/m1/s1. The lowest BCUT2D eigenvalue weighted by Crippen LogP contribution is -2.56. The Hall–Kier alpha value is -4.31. The number of hydrogen-bond donors (Lipinski definition) is 2. The van der Waals surface area contributed by atoms with E-state index < -0.39 is 35.9 Å². The van der Waals surface area contributed by atoms with Crippen LogP contribution in [0.2, 0.25) is 0 Å². The highest BCUT2D eigenvalue weighted by atomic mass is 32.1. The van der Waals surface area contributed by atoms with Crippen molar-refractivity contribution in [2.24, 2.45) is 0 Å². The molecule has 4 rings (SSSR count). The van der Waals surface area contributed by atoms with Gasteiger partial charge in [0.2, 0.25) is 11.8 Å². The Morgan fingerprint density at radius 1 is 1.06 bits per heavy atom. The van der Waals surface area contributed by atoms with E-state index in [1.807, 2.05) is 0 Å². The summed E-state index contributed by atoms with van der Waals surface area (Å²) in [4.78, 5) is 39.8. The van der Waals surface area contributed by atoms with Crippen molar-refractivity contribution in [2.45, 2.75) is 24.5 Å². The van der Waals surface area contributed by atoms with Gasteiger partial charge in [-0.2, -0.15) is 4.73 Å². The smallest absolute Gasteiger partial charge is 0.339 e. The minimum atomic E-state index is -1.84. The van der Waals surface area contributed by atoms with E-state index in [-0.39, 0.29) is 22.8 Å². The van der Waals surface area contributed by atoms with Gasteiger partial charge in [0.15, 0.2) is 16.8 Å². The monoisotopic (exact) mass is 491 g/mol. The van der Waals surface area contributed by atoms with Gasteiger partial charge in [-0.25, -0.2) is 4.79 Å². The van der Waals surface area contributed by atoms with Crippen LogP contribution >= 0.6 is 12.2 Å². The van der Waals surface area contributed by atoms with Crippen molar-refractivity contribution < 1.29 is 29.0 Å². The zero-order valence-electron chi connectivity index (χ0n) is 18.4. The zero-order chi connectivity index (χ0) is 25.0. The molecule has 1 aromatic heterocycles. The zero-order valence-corrected chi connectivity index (χ0v) is 19.2. The van der Waals surface area contributed by atoms with Crippen molar-refractivity contribution in [2.75, 3.05) is 4.90 Å². The Bertz CT molecular complexity index is 1270. The van der Waals surface area contributed by atoms with Crippen LogP contribution in [0.1, 0.15) is 35.0 Å². The minimum Gasteiger partial charge on any atom is -0.618 e. The largest absolute Gasteiger partial charge is 0.618 e. The molecule has 1 aliphatic heterocycles. The molecule has 1 amide bonds. The van der Waals surface area contributed by atoms with Gasteiger partial charge >= 0.3 is 11.9 Å². The van der Waals surface area contributed by atoms with Crippen LogP contribution in [0.4, 0.5) is 5.69 Å². The second kappa shape index (κ2) is 9.90. The highest BCUT2D eigenvalue weighted by Crippen LogP contribution is 2.39. The first kappa shape index (κ1) is 23.8. The average Bonchev–Trinajstić information content (AvgIpc) is 3.12. The van der Waals surface area contributed by atoms with E-state index in [9.17, 15) is 24.7 Å². The summed E-state index contributed by atoms with van der Waals surface area (Å²) in [5.74, 6) is -2.59. The predicted molar refractivity (Wildman–Crippen MR) is 129 cm³/mol. The number of carbonyl (C=O) groups is 3. The van der Waals surface area contributed by atoms with Crippen LogP contribution in [-0.2, 0) is 14.3 Å². The highest BCUT2D eigenvalue weighted by Gasteiger charge is 2.59. The quantitative estimate of drug-likeness (QED) is 0.213. The number of amides is 1. The summed E-state index contributed by atoms with van der Waals surface area (Å²) >= 11 is 5.46. The molecule has 3 aromatic rings. The van der Waals surface area contributed by atoms with E-state index >= 15 is 0 Å². The first-order valence-electron chi connectivity index (χ1n) is 10.7. The number of pyridine rings is 1. The summed E-state index contributed by atoms with van der Waals surface area (Å²) in [7, 11) is 0. The predicted octanol–water partition coefficient (Wildman–Crippen LogP) is 2.74. The number of thiocarbonyl (C=S) groups is 1. The van der Waals surface area contributed by atoms with E-state index in [1.165, 1.54) is 35.4 Å². The van der Waals surface area contributed by atoms with Gasteiger partial charge in [0.05, 0.1) is 11.3 Å². The van der Waals surface area contributed by atoms with Gasteiger partial charge in [0.1, 0.15) is 0 Å². The van der Waals surface area contributed by atoms with E-state index in [2.05, 4.69) is 5.32 Å². The van der Waals surface area contributed by atoms with Gasteiger partial charge in [-0.1, -0.05) is 36.4 Å². The van der Waals surface area contributed by atoms with Gasteiger partial charge in [0, 0.05) is 18.6 Å². The van der Waals surface area contributed by atoms with Gasteiger partial charge in [-0.3, -0.25) is 14.5 Å². The summed E-state index contributed by atoms with van der Waals surface area (Å²) in [6, 6.07) is 21.1. The molecule has 0 bridgehead atoms. The molecule has 1 aliphatic rings. The molecular weight excluding hydrogens is 470 g/mol. The van der Waals surface area contributed by atoms with Crippen molar-refractivity contribution in [3.63, 3.8) is 0 Å². The number of benzene rings is 2. The van der Waals surface area contributed by atoms with Crippen LogP contribution in [0.15, 0.2) is 85.1 Å². The molecule has 10 heteroatoms. The molecule has 2 heterocycles. The number of hydrogen-bond acceptors (Lipinski definition) is 6. The number of carbonyl (C=O) groups excluding carboxylic acids is 2. The summed E-state index contributed by atoms with van der Waals surface area (Å²) in [5.41, 5.74) is -1.25. The molecule has 0 spiro atoms. The summed E-state index contributed by atoms with van der Waals surface area (Å²) in [5, 5.41) is 25.1. The van der Waals surface area contributed by atoms with Gasteiger partial charge < -0.3 is 20.4 Å². The minimum absolute atomic E-state index is 0.000675. The number of rotatable bonds is 8. The van der Waals surface area contributed by atoms with E-state index in [0.29, 0.717) is 10.4 Å². The Balaban J connectivity index is 1.85. The summed E-state index contributed by atoms with van der Waals surface area (Å²) < 4.78 is 6.28. The number of carboxylic acid groups (broad SMARTS) is 1. The maximum absolute atomic E-state index is 14.0. The maximum atomic E-state index is 14.0. The number of anilines is 1. The molecule has 0 aliphatic carbocycles. The molecule has 0 saturated carbocycles. The number of carboxylic acids is 1. The van der Waals surface area contributed by atoms with Crippen molar-refractivity contribution in [1.29, 1.82) is 0 Å². The fourth-order valence-electron chi connectivity index (χ4n) is 3.99. The number of aromatic nitrogens is 1. The Kier molecular flexibility index (Phi) is 6.74. The molecule has 9 nitrogen and oxygen atoms in total. The number of ether oxygens (including phenoxy) is 1. The lowest BCUT2D eigenvalue weighted by molar-refractivity contribution is -0.619. The van der Waals surface area contributed by atoms with Crippen LogP contribution in [0, 0.1) is 5.21 Å². The van der Waals surface area contributed by atoms with Crippen LogP contribution in [-0.4, -0.2) is 33.6 Å². The van der Waals surface area contributed by atoms with Crippen molar-refractivity contribution in [3.05, 3.63) is 102 Å². The fourth-order valence-corrected chi connectivity index (χ4v) is 4.36. The van der Waals surface area contributed by atoms with Gasteiger partial charge in [0.25, 0.3) is 5.91 Å². The number of nitrogens with one attached hydrogen (secondary N) is 1. The van der Waals surface area contributed by atoms with Crippen LogP contribution in [0.5, 0.6) is 0 Å². The maximum Gasteiger partial charge on any atom is 0.339 e. The van der Waals surface area contributed by atoms with E-state index in [1.54, 1.807) is 54.6 Å². The third-order valence-corrected chi connectivity index (χ3v) is 5.95. The Morgan fingerprint density at radius 2 is 1.69 bits per heavy atom. The second-order valence-electron chi connectivity index (χ2n) is 7.87. The number of esters is 1. The second-order valence-corrected chi connectivity index (χ2v) is 8.26. The molecule has 2 atom stereocenters. The SMILES string of the molecule is O=C(O)CC[C@@]1([C@H](OC(=O)c2ccccc2)c2cccc[n+]2[O-])NC(=S)N(c2ccccc2)C1=O. The molecule has 1 saturated heterocycles. The van der Waals surface area contributed by atoms with Gasteiger partial charge in [-0.15, -0.1) is 0 Å². The van der Waals surface area contributed by atoms with Crippen LogP contribution in [0.25, 0.3) is 0 Å². The summed E-state index contributed by atoms with van der Waals surface area (Å²) in [6.45, 7) is 0. The highest BCUT2D eigenvalue weighted by molar-refractivity contribution is 7.80. The normalized spacial score (nSPS) is 18.1.